The predicted molar refractivity (Wildman–Crippen MR) is 195 cm³/mol. The summed E-state index contributed by atoms with van der Waals surface area (Å²) in [5.41, 5.74) is 4.81. The van der Waals surface area contributed by atoms with E-state index in [-0.39, 0.29) is 43.5 Å². The van der Waals surface area contributed by atoms with Crippen molar-refractivity contribution in [3.8, 4) is 11.3 Å². The number of carbonyl (C=O) groups excluding carboxylic acids is 1. The number of nitrogens with zero attached hydrogens (tertiary/aromatic N) is 1. The zero-order valence-corrected chi connectivity index (χ0v) is 30.7. The maximum absolute atomic E-state index is 11.7. The van der Waals surface area contributed by atoms with E-state index in [1.807, 2.05) is 40.0 Å². The summed E-state index contributed by atoms with van der Waals surface area (Å²) < 4.78 is 8.79. The Hall–Kier alpha value is -3.83. The number of aromatic nitrogens is 1. The van der Waals surface area contributed by atoms with Gasteiger partial charge in [-0.2, -0.15) is 0 Å². The van der Waals surface area contributed by atoms with Gasteiger partial charge in [-0.05, 0) is 78.6 Å². The molecule has 0 unspecified atom stereocenters. The molecular formula is C41H40IrNO3S-. The first-order valence-corrected chi connectivity index (χ1v) is 17.2. The van der Waals surface area contributed by atoms with Gasteiger partial charge in [-0.25, -0.2) is 0 Å². The second-order valence-electron chi connectivity index (χ2n) is 12.0. The van der Waals surface area contributed by atoms with Crippen molar-refractivity contribution in [1.82, 2.24) is 4.98 Å². The number of aryl methyl sites for hydroxylation is 1. The van der Waals surface area contributed by atoms with Crippen molar-refractivity contribution in [1.29, 1.82) is 0 Å². The van der Waals surface area contributed by atoms with Crippen LogP contribution >= 0.6 is 11.3 Å². The second-order valence-corrected chi connectivity index (χ2v) is 13.1. The first-order chi connectivity index (χ1) is 22.4. The number of allylic oxidation sites excluding steroid dienone is 2. The van der Waals surface area contributed by atoms with Crippen molar-refractivity contribution < 1.29 is 34.4 Å². The Morgan fingerprint density at radius 3 is 2.28 bits per heavy atom. The number of pyridine rings is 1. The predicted octanol–water partition coefficient (Wildman–Crippen LogP) is 12.1. The fourth-order valence-corrected chi connectivity index (χ4v) is 7.59. The topological polar surface area (TPSA) is 63.3 Å². The van der Waals surface area contributed by atoms with E-state index in [9.17, 15) is 9.90 Å². The summed E-state index contributed by atoms with van der Waals surface area (Å²) in [6.07, 6.45) is 6.81. The molecule has 6 heteroatoms. The van der Waals surface area contributed by atoms with Crippen molar-refractivity contribution in [2.75, 3.05) is 0 Å². The van der Waals surface area contributed by atoms with Gasteiger partial charge in [0.15, 0.2) is 5.78 Å². The maximum Gasteiger partial charge on any atom is 0.162 e. The average molecular weight is 819 g/mol. The summed E-state index contributed by atoms with van der Waals surface area (Å²) in [5.74, 6) is 0.547. The zero-order valence-electron chi connectivity index (χ0n) is 27.5. The Morgan fingerprint density at radius 2 is 1.57 bits per heavy atom. The van der Waals surface area contributed by atoms with Gasteiger partial charge in [0, 0.05) is 70.1 Å². The van der Waals surface area contributed by atoms with Crippen molar-refractivity contribution >= 4 is 70.0 Å². The molecule has 0 fully saturated rings. The fourth-order valence-electron chi connectivity index (χ4n) is 6.37. The molecule has 0 aliphatic rings. The molecule has 0 aliphatic heterocycles. The number of aliphatic hydroxyl groups excluding tert-OH is 1. The Bertz CT molecular complexity index is 2220. The van der Waals surface area contributed by atoms with Crippen molar-refractivity contribution in [3.63, 3.8) is 0 Å². The molecule has 1 N–H and O–H groups in total. The van der Waals surface area contributed by atoms with Gasteiger partial charge >= 0.3 is 0 Å². The first-order valence-electron chi connectivity index (χ1n) is 16.3. The minimum absolute atomic E-state index is 0. The average Bonchev–Trinajstić information content (AvgIpc) is 3.62. The van der Waals surface area contributed by atoms with Crippen LogP contribution < -0.4 is 0 Å². The summed E-state index contributed by atoms with van der Waals surface area (Å²) in [6, 6.07) is 29.1. The number of thiophene rings is 1. The number of rotatable bonds is 8. The molecular weight excluding hydrogens is 779 g/mol. The normalized spacial score (nSPS) is 11.9. The molecule has 0 saturated carbocycles. The van der Waals surface area contributed by atoms with E-state index in [2.05, 4.69) is 79.7 Å². The van der Waals surface area contributed by atoms with Crippen molar-refractivity contribution in [2.45, 2.75) is 60.3 Å². The number of hydrogen-bond donors (Lipinski definition) is 1. The minimum atomic E-state index is 0. The summed E-state index contributed by atoms with van der Waals surface area (Å²) in [4.78, 5) is 16.5. The number of fused-ring (bicyclic) bond motifs is 7. The van der Waals surface area contributed by atoms with Crippen LogP contribution in [0.15, 0.2) is 95.2 Å². The number of carbonyl (C=O) groups is 1. The van der Waals surface area contributed by atoms with Gasteiger partial charge in [0.25, 0.3) is 0 Å². The van der Waals surface area contributed by atoms with E-state index in [1.165, 1.54) is 42.6 Å². The maximum atomic E-state index is 11.7. The van der Waals surface area contributed by atoms with E-state index < -0.39 is 0 Å². The van der Waals surface area contributed by atoms with E-state index in [0.29, 0.717) is 0 Å². The zero-order chi connectivity index (χ0) is 32.4. The summed E-state index contributed by atoms with van der Waals surface area (Å²) in [7, 11) is 0. The van der Waals surface area contributed by atoms with Crippen LogP contribution in [-0.2, 0) is 24.9 Å². The number of ketones is 1. The molecule has 7 aromatic rings. The van der Waals surface area contributed by atoms with Crippen molar-refractivity contribution in [3.05, 3.63) is 102 Å². The largest absolute Gasteiger partial charge is 0.512 e. The number of furan rings is 1. The molecule has 0 spiro atoms. The van der Waals surface area contributed by atoms with Crippen LogP contribution in [0.2, 0.25) is 0 Å². The van der Waals surface area contributed by atoms with Crippen LogP contribution in [0.3, 0.4) is 0 Å². The van der Waals surface area contributed by atoms with Crippen LogP contribution in [-0.4, -0.2) is 15.9 Å². The molecule has 3 heterocycles. The summed E-state index contributed by atoms with van der Waals surface area (Å²) >= 11 is 1.79. The minimum Gasteiger partial charge on any atom is -0.512 e. The third-order valence-corrected chi connectivity index (χ3v) is 10.3. The van der Waals surface area contributed by atoms with Gasteiger partial charge in [-0.1, -0.05) is 75.0 Å². The third kappa shape index (κ3) is 6.78. The quantitative estimate of drug-likeness (QED) is 0.0942. The molecule has 0 bridgehead atoms. The van der Waals surface area contributed by atoms with Gasteiger partial charge < -0.3 is 14.5 Å². The number of aliphatic hydroxyl groups is 1. The summed E-state index contributed by atoms with van der Waals surface area (Å²) in [6.45, 7) is 10.2. The van der Waals surface area contributed by atoms with Gasteiger partial charge in [-0.15, -0.1) is 29.5 Å². The summed E-state index contributed by atoms with van der Waals surface area (Å²) in [5, 5.41) is 17.0. The smallest absolute Gasteiger partial charge is 0.162 e. The fraction of sp³-hybridized carbons (Fsp3) is 0.268. The molecule has 4 nitrogen and oxygen atoms in total. The van der Waals surface area contributed by atoms with Crippen LogP contribution in [0, 0.1) is 24.8 Å². The molecule has 0 aliphatic carbocycles. The van der Waals surface area contributed by atoms with Crippen LogP contribution in [0.5, 0.6) is 0 Å². The van der Waals surface area contributed by atoms with E-state index in [1.54, 1.807) is 11.3 Å². The van der Waals surface area contributed by atoms with Gasteiger partial charge in [0.2, 0.25) is 0 Å². The van der Waals surface area contributed by atoms with Crippen LogP contribution in [0.1, 0.15) is 58.9 Å². The monoisotopic (exact) mass is 819 g/mol. The Morgan fingerprint density at radius 1 is 0.872 bits per heavy atom. The van der Waals surface area contributed by atoms with E-state index in [0.717, 1.165) is 58.9 Å². The Kier molecular flexibility index (Phi) is 11.0. The molecule has 0 atom stereocenters. The second kappa shape index (κ2) is 14.9. The number of hydrogen-bond acceptors (Lipinski definition) is 5. The van der Waals surface area contributed by atoms with Gasteiger partial charge in [0.1, 0.15) is 5.58 Å². The Labute approximate surface area is 293 Å². The molecule has 3 aromatic heterocycles. The number of benzene rings is 4. The molecule has 1 radical (unpaired) electrons. The van der Waals surface area contributed by atoms with Crippen LogP contribution in [0.4, 0.5) is 0 Å². The van der Waals surface area contributed by atoms with Crippen molar-refractivity contribution in [2.24, 2.45) is 11.8 Å². The van der Waals surface area contributed by atoms with Crippen LogP contribution in [0.25, 0.3) is 64.1 Å². The molecule has 47 heavy (non-hydrogen) atoms. The molecule has 243 valence electrons. The van der Waals surface area contributed by atoms with E-state index in [4.69, 9.17) is 9.40 Å². The molecule has 7 rings (SSSR count). The SMILES string of the molecule is CCC(CC)C(=O)/C=C(\O)C(CC)CC.Cc1ccc2c(c1)oc1c(-c3nccc4c3sc3cc5ccccc5cc34)[c-]ccc12.[Ir]. The Balaban J connectivity index is 0.000000234. The van der Waals surface area contributed by atoms with Gasteiger partial charge in [0.05, 0.1) is 11.3 Å². The van der Waals surface area contributed by atoms with E-state index >= 15 is 0 Å². The molecule has 0 amide bonds. The van der Waals surface area contributed by atoms with Gasteiger partial charge in [-0.3, -0.25) is 4.79 Å². The molecule has 4 aromatic carbocycles. The first kappa shape index (κ1) is 34.5. The third-order valence-electron chi connectivity index (χ3n) is 9.16. The standard InChI is InChI=1S/C28H16NOS.C13H24O2.Ir/c1-16-9-10-19-20-7-4-8-22(27(20)30-24(19)13-16)26-28-21(11-12-29-26)23-14-17-5-2-3-6-18(17)15-25(23)31-28;1-5-10(6-2)12(14)9-13(15)11(7-3)8-4;/h2-7,9-15H,1H3;9-11,14H,5-8H2,1-4H3;/q-1;;/b;12-9-;. The molecule has 0 saturated heterocycles.